The van der Waals surface area contributed by atoms with Crippen molar-refractivity contribution in [1.82, 2.24) is 15.5 Å². The summed E-state index contributed by atoms with van der Waals surface area (Å²) in [6.07, 6.45) is 3.04. The quantitative estimate of drug-likeness (QED) is 0.766. The van der Waals surface area contributed by atoms with Gasteiger partial charge in [-0.2, -0.15) is 0 Å². The number of likely N-dealkylation sites (N-methyl/N-ethyl adjacent to an activating group) is 1. The first-order valence-corrected chi connectivity index (χ1v) is 9.56. The van der Waals surface area contributed by atoms with Crippen LogP contribution in [0.3, 0.4) is 0 Å². The summed E-state index contributed by atoms with van der Waals surface area (Å²) in [5, 5.41) is 6.42. The minimum atomic E-state index is 0. The number of benzene rings is 2. The van der Waals surface area contributed by atoms with Crippen molar-refractivity contribution < 1.29 is 4.79 Å². The third kappa shape index (κ3) is 6.35. The Morgan fingerprint density at radius 3 is 2.63 bits per heavy atom. The number of hydrogen-bond acceptors (Lipinski definition) is 3. The highest BCUT2D eigenvalue weighted by Crippen LogP contribution is 2.15. The number of rotatable bonds is 7. The van der Waals surface area contributed by atoms with Crippen LogP contribution < -0.4 is 10.6 Å². The number of hydrogen-bond donors (Lipinski definition) is 2. The van der Waals surface area contributed by atoms with Crippen LogP contribution in [0.4, 0.5) is 0 Å². The van der Waals surface area contributed by atoms with Gasteiger partial charge in [0.25, 0.3) is 5.91 Å². The second-order valence-corrected chi connectivity index (χ2v) is 7.04. The van der Waals surface area contributed by atoms with Gasteiger partial charge in [-0.3, -0.25) is 9.69 Å². The standard InChI is InChI=1S/C22H29N3O.ClH/c1-23-14-13-19-10-5-6-12-21(19)22(26)24-20-11-7-15-25(17-20)16-18-8-3-2-4-9-18;/h2-6,8-10,12,20,23H,7,11,13-17H2,1H3,(H,24,26);1H. The van der Waals surface area contributed by atoms with Crippen molar-refractivity contribution in [1.29, 1.82) is 0 Å². The molecule has 5 heteroatoms. The maximum Gasteiger partial charge on any atom is 0.251 e. The zero-order chi connectivity index (χ0) is 18.2. The first-order valence-electron chi connectivity index (χ1n) is 9.56. The van der Waals surface area contributed by atoms with Gasteiger partial charge in [0.15, 0.2) is 0 Å². The maximum atomic E-state index is 12.8. The number of amides is 1. The monoisotopic (exact) mass is 387 g/mol. The summed E-state index contributed by atoms with van der Waals surface area (Å²) >= 11 is 0. The number of halogens is 1. The lowest BCUT2D eigenvalue weighted by Crippen LogP contribution is -2.47. The molecule has 1 amide bonds. The Bertz CT molecular complexity index is 708. The van der Waals surface area contributed by atoms with Gasteiger partial charge in [0, 0.05) is 24.7 Å². The Kier molecular flexibility index (Phi) is 8.79. The van der Waals surface area contributed by atoms with Crippen molar-refractivity contribution in [2.45, 2.75) is 31.8 Å². The number of carbonyl (C=O) groups excluding carboxylic acids is 1. The number of carbonyl (C=O) groups is 1. The lowest BCUT2D eigenvalue weighted by atomic mass is 10.0. The molecular weight excluding hydrogens is 358 g/mol. The molecule has 3 rings (SSSR count). The molecule has 0 aromatic heterocycles. The first-order chi connectivity index (χ1) is 12.8. The fraction of sp³-hybridized carbons (Fsp3) is 0.409. The number of nitrogens with one attached hydrogen (secondary N) is 2. The topological polar surface area (TPSA) is 44.4 Å². The van der Waals surface area contributed by atoms with Crippen LogP contribution in [-0.4, -0.2) is 43.5 Å². The van der Waals surface area contributed by atoms with Crippen LogP contribution in [0.2, 0.25) is 0 Å². The van der Waals surface area contributed by atoms with Crippen LogP contribution in [0, 0.1) is 0 Å². The van der Waals surface area contributed by atoms with Crippen LogP contribution in [0.1, 0.15) is 34.3 Å². The lowest BCUT2D eigenvalue weighted by molar-refractivity contribution is 0.0900. The summed E-state index contributed by atoms with van der Waals surface area (Å²) in [6, 6.07) is 18.7. The molecule has 2 N–H and O–H groups in total. The molecule has 1 atom stereocenters. The molecule has 0 saturated carbocycles. The Hall–Kier alpha value is -1.88. The summed E-state index contributed by atoms with van der Waals surface area (Å²) in [5.41, 5.74) is 3.25. The molecule has 0 bridgehead atoms. The van der Waals surface area contributed by atoms with E-state index in [1.54, 1.807) is 0 Å². The fourth-order valence-electron chi connectivity index (χ4n) is 3.64. The zero-order valence-electron chi connectivity index (χ0n) is 16.0. The van der Waals surface area contributed by atoms with E-state index in [2.05, 4.69) is 45.9 Å². The maximum absolute atomic E-state index is 12.8. The second kappa shape index (κ2) is 11.1. The van der Waals surface area contributed by atoms with Gasteiger partial charge >= 0.3 is 0 Å². The molecule has 1 heterocycles. The number of likely N-dealkylation sites (tertiary alicyclic amines) is 1. The Balaban J connectivity index is 0.00000261. The Labute approximate surface area is 168 Å². The van der Waals surface area contributed by atoms with Crippen molar-refractivity contribution in [2.24, 2.45) is 0 Å². The van der Waals surface area contributed by atoms with Crippen molar-refractivity contribution >= 4 is 18.3 Å². The van der Waals surface area contributed by atoms with Gasteiger partial charge in [-0.15, -0.1) is 12.4 Å². The lowest BCUT2D eigenvalue weighted by Gasteiger charge is -2.33. The molecule has 2 aromatic rings. The van der Waals surface area contributed by atoms with Crippen molar-refractivity contribution in [2.75, 3.05) is 26.7 Å². The minimum Gasteiger partial charge on any atom is -0.348 e. The Morgan fingerprint density at radius 1 is 1.11 bits per heavy atom. The SMILES string of the molecule is CNCCc1ccccc1C(=O)NC1CCCN(Cc2ccccc2)C1.Cl. The minimum absolute atomic E-state index is 0. The molecule has 0 aliphatic carbocycles. The summed E-state index contributed by atoms with van der Waals surface area (Å²) < 4.78 is 0. The second-order valence-electron chi connectivity index (χ2n) is 7.04. The first kappa shape index (κ1) is 21.4. The molecule has 1 saturated heterocycles. The van der Waals surface area contributed by atoms with E-state index < -0.39 is 0 Å². The van der Waals surface area contributed by atoms with Crippen molar-refractivity contribution in [3.8, 4) is 0 Å². The number of nitrogens with zero attached hydrogens (tertiary/aromatic N) is 1. The predicted molar refractivity (Wildman–Crippen MR) is 114 cm³/mol. The third-order valence-corrected chi connectivity index (χ3v) is 5.00. The molecule has 1 fully saturated rings. The molecule has 27 heavy (non-hydrogen) atoms. The normalized spacial score (nSPS) is 17.1. The molecule has 4 nitrogen and oxygen atoms in total. The molecule has 0 spiro atoms. The van der Waals surface area contributed by atoms with E-state index in [4.69, 9.17) is 0 Å². The third-order valence-electron chi connectivity index (χ3n) is 5.00. The van der Waals surface area contributed by atoms with Crippen LogP contribution >= 0.6 is 12.4 Å². The largest absolute Gasteiger partial charge is 0.348 e. The fourth-order valence-corrected chi connectivity index (χ4v) is 3.64. The highest BCUT2D eigenvalue weighted by atomic mass is 35.5. The van der Waals surface area contributed by atoms with E-state index in [0.29, 0.717) is 0 Å². The van der Waals surface area contributed by atoms with Gasteiger partial charge in [-0.1, -0.05) is 48.5 Å². The molecule has 146 valence electrons. The van der Waals surface area contributed by atoms with Crippen molar-refractivity contribution in [3.63, 3.8) is 0 Å². The number of piperidine rings is 1. The van der Waals surface area contributed by atoms with Crippen LogP contribution in [-0.2, 0) is 13.0 Å². The summed E-state index contributed by atoms with van der Waals surface area (Å²) in [4.78, 5) is 15.3. The van der Waals surface area contributed by atoms with E-state index in [-0.39, 0.29) is 24.4 Å². The molecule has 1 aliphatic heterocycles. The molecule has 2 aromatic carbocycles. The van der Waals surface area contributed by atoms with Crippen molar-refractivity contribution in [3.05, 3.63) is 71.3 Å². The van der Waals surface area contributed by atoms with Gasteiger partial charge in [0.1, 0.15) is 0 Å². The molecule has 0 radical (unpaired) electrons. The van der Waals surface area contributed by atoms with Gasteiger partial charge < -0.3 is 10.6 Å². The molecular formula is C22H30ClN3O. The van der Waals surface area contributed by atoms with Crippen LogP contribution in [0.15, 0.2) is 54.6 Å². The zero-order valence-corrected chi connectivity index (χ0v) is 16.8. The summed E-state index contributed by atoms with van der Waals surface area (Å²) in [6.45, 7) is 3.84. The molecule has 1 aliphatic rings. The van der Waals surface area contributed by atoms with Gasteiger partial charge in [0.2, 0.25) is 0 Å². The van der Waals surface area contributed by atoms with Gasteiger partial charge in [0.05, 0.1) is 0 Å². The van der Waals surface area contributed by atoms with E-state index >= 15 is 0 Å². The van der Waals surface area contributed by atoms with E-state index in [9.17, 15) is 4.79 Å². The predicted octanol–water partition coefficient (Wildman–Crippen LogP) is 3.26. The van der Waals surface area contributed by atoms with E-state index in [1.807, 2.05) is 31.3 Å². The smallest absolute Gasteiger partial charge is 0.251 e. The van der Waals surface area contributed by atoms with E-state index in [1.165, 1.54) is 5.56 Å². The average Bonchev–Trinajstić information content (AvgIpc) is 2.67. The van der Waals surface area contributed by atoms with Gasteiger partial charge in [-0.25, -0.2) is 0 Å². The van der Waals surface area contributed by atoms with Gasteiger partial charge in [-0.05, 0) is 56.6 Å². The highest BCUT2D eigenvalue weighted by Gasteiger charge is 2.22. The van der Waals surface area contributed by atoms with Crippen LogP contribution in [0.5, 0.6) is 0 Å². The highest BCUT2D eigenvalue weighted by molar-refractivity contribution is 5.95. The summed E-state index contributed by atoms with van der Waals surface area (Å²) in [7, 11) is 1.94. The Morgan fingerprint density at radius 2 is 1.85 bits per heavy atom. The van der Waals surface area contributed by atoms with Crippen LogP contribution in [0.25, 0.3) is 0 Å². The molecule has 1 unspecified atom stereocenters. The summed E-state index contributed by atoms with van der Waals surface area (Å²) in [5.74, 6) is 0.0586. The average molecular weight is 388 g/mol. The van der Waals surface area contributed by atoms with E-state index in [0.717, 1.165) is 56.6 Å².